The van der Waals surface area contributed by atoms with Gasteiger partial charge in [0.25, 0.3) is 0 Å². The van der Waals surface area contributed by atoms with E-state index in [9.17, 15) is 14.6 Å². The normalized spacial score (nSPS) is 19.7. The molecular formula is C20H22FN3O3S. The van der Waals surface area contributed by atoms with Crippen molar-refractivity contribution in [2.45, 2.75) is 51.4 Å². The Morgan fingerprint density at radius 3 is 2.79 bits per heavy atom. The molecule has 4 rings (SSSR count). The van der Waals surface area contributed by atoms with Crippen LogP contribution in [0.5, 0.6) is 5.75 Å². The molecule has 148 valence electrons. The zero-order valence-corrected chi connectivity index (χ0v) is 16.3. The van der Waals surface area contributed by atoms with Gasteiger partial charge in [-0.15, -0.1) is 11.3 Å². The monoisotopic (exact) mass is 403 g/mol. The zero-order chi connectivity index (χ0) is 19.7. The number of nitrogens with zero attached hydrogens (tertiary/aromatic N) is 2. The predicted octanol–water partition coefficient (Wildman–Crippen LogP) is 4.06. The van der Waals surface area contributed by atoms with Gasteiger partial charge in [-0.05, 0) is 50.3 Å². The molecule has 1 aliphatic rings. The molecule has 0 unspecified atom stereocenters. The van der Waals surface area contributed by atoms with E-state index in [0.29, 0.717) is 30.1 Å². The maximum Gasteiger partial charge on any atom is 0.146 e. The Labute approximate surface area is 166 Å². The van der Waals surface area contributed by atoms with Gasteiger partial charge in [-0.1, -0.05) is 0 Å². The molecule has 1 fully saturated rings. The van der Waals surface area contributed by atoms with Gasteiger partial charge >= 0.3 is 0 Å². The number of aliphatic hydroxyl groups excluding tert-OH is 2. The summed E-state index contributed by atoms with van der Waals surface area (Å²) in [7, 11) is 0. The lowest BCUT2D eigenvalue weighted by atomic mass is 9.95. The molecule has 0 atom stereocenters. The second-order valence-electron chi connectivity index (χ2n) is 7.02. The molecule has 1 aliphatic carbocycles. The lowest BCUT2D eigenvalue weighted by Gasteiger charge is -2.27. The Bertz CT molecular complexity index is 986. The predicted molar refractivity (Wildman–Crippen MR) is 107 cm³/mol. The Morgan fingerprint density at radius 2 is 2.04 bits per heavy atom. The maximum atomic E-state index is 13.9. The van der Waals surface area contributed by atoms with E-state index in [0.717, 1.165) is 33.5 Å². The summed E-state index contributed by atoms with van der Waals surface area (Å²) in [4.78, 5) is 10.3. The van der Waals surface area contributed by atoms with Gasteiger partial charge in [0, 0.05) is 10.9 Å². The summed E-state index contributed by atoms with van der Waals surface area (Å²) in [5.41, 5.74) is 1.54. The second-order valence-corrected chi connectivity index (χ2v) is 8.11. The third-order valence-corrected chi connectivity index (χ3v) is 6.29. The number of aliphatic hydroxyl groups is 2. The van der Waals surface area contributed by atoms with Crippen LogP contribution in [-0.4, -0.2) is 32.4 Å². The average Bonchev–Trinajstić information content (AvgIpc) is 3.02. The lowest BCUT2D eigenvalue weighted by Crippen LogP contribution is -2.26. The van der Waals surface area contributed by atoms with Crippen LogP contribution in [0.25, 0.3) is 10.2 Å². The lowest BCUT2D eigenvalue weighted by molar-refractivity contribution is 0.0668. The van der Waals surface area contributed by atoms with E-state index in [-0.39, 0.29) is 24.6 Å². The Hall–Kier alpha value is -2.29. The van der Waals surface area contributed by atoms with Crippen molar-refractivity contribution >= 4 is 33.1 Å². The average molecular weight is 403 g/mol. The first kappa shape index (κ1) is 19.0. The summed E-state index contributed by atoms with van der Waals surface area (Å²) in [6.45, 7) is 1.87. The van der Waals surface area contributed by atoms with E-state index >= 15 is 0 Å². The van der Waals surface area contributed by atoms with Crippen LogP contribution in [0.2, 0.25) is 0 Å². The molecule has 8 heteroatoms. The van der Waals surface area contributed by atoms with Gasteiger partial charge < -0.3 is 20.3 Å². The molecule has 0 bridgehead atoms. The third kappa shape index (κ3) is 3.80. The van der Waals surface area contributed by atoms with Crippen molar-refractivity contribution in [1.29, 1.82) is 0 Å². The van der Waals surface area contributed by atoms with Crippen LogP contribution in [0, 0.1) is 12.7 Å². The number of aryl methyl sites for hydroxylation is 1. The first-order valence-electron chi connectivity index (χ1n) is 9.30. The summed E-state index contributed by atoms with van der Waals surface area (Å²) >= 11 is 1.43. The number of rotatable bonds is 5. The Kier molecular flexibility index (Phi) is 5.43. The standard InChI is InChI=1S/C20H22FN3O3S/c1-11-17(9-25)28-20-18(11)19(22-10-23-20)24-15-7-2-12(21)8-16(15)27-14-5-3-13(26)4-6-14/h2,7-8,10,13-14,25-26H,3-6,9H2,1H3,(H,22,23,24). The van der Waals surface area contributed by atoms with Gasteiger partial charge in [-0.25, -0.2) is 14.4 Å². The number of halogens is 1. The van der Waals surface area contributed by atoms with E-state index in [1.165, 1.54) is 29.8 Å². The van der Waals surface area contributed by atoms with Crippen LogP contribution < -0.4 is 10.1 Å². The fourth-order valence-corrected chi connectivity index (χ4v) is 4.54. The topological polar surface area (TPSA) is 87.5 Å². The van der Waals surface area contributed by atoms with Gasteiger partial charge in [0.05, 0.1) is 29.9 Å². The molecule has 0 radical (unpaired) electrons. The summed E-state index contributed by atoms with van der Waals surface area (Å²) in [5.74, 6) is 0.635. The molecule has 6 nitrogen and oxygen atoms in total. The van der Waals surface area contributed by atoms with Gasteiger partial charge in [0.1, 0.15) is 28.5 Å². The van der Waals surface area contributed by atoms with Gasteiger partial charge in [0.2, 0.25) is 0 Å². The first-order valence-corrected chi connectivity index (χ1v) is 10.1. The second kappa shape index (κ2) is 7.98. The van der Waals surface area contributed by atoms with Crippen LogP contribution in [0.4, 0.5) is 15.9 Å². The van der Waals surface area contributed by atoms with Gasteiger partial charge in [0.15, 0.2) is 0 Å². The molecule has 3 aromatic rings. The Balaban J connectivity index is 1.65. The highest BCUT2D eigenvalue weighted by Gasteiger charge is 2.22. The SMILES string of the molecule is Cc1c(CO)sc2ncnc(Nc3ccc(F)cc3OC3CCC(O)CC3)c12. The number of thiophene rings is 1. The fourth-order valence-electron chi connectivity index (χ4n) is 3.53. The maximum absolute atomic E-state index is 13.9. The number of hydrogen-bond acceptors (Lipinski definition) is 7. The number of nitrogens with one attached hydrogen (secondary N) is 1. The molecule has 1 saturated carbocycles. The number of anilines is 2. The van der Waals surface area contributed by atoms with Crippen molar-refractivity contribution in [3.63, 3.8) is 0 Å². The third-order valence-electron chi connectivity index (χ3n) is 5.10. The minimum Gasteiger partial charge on any atom is -0.488 e. The number of hydrogen-bond donors (Lipinski definition) is 3. The summed E-state index contributed by atoms with van der Waals surface area (Å²) in [6, 6.07) is 4.37. The molecule has 2 heterocycles. The Morgan fingerprint density at radius 1 is 1.25 bits per heavy atom. The van der Waals surface area contributed by atoms with Crippen molar-refractivity contribution < 1.29 is 19.3 Å². The first-order chi connectivity index (χ1) is 13.5. The van der Waals surface area contributed by atoms with E-state index in [1.54, 1.807) is 6.07 Å². The molecule has 0 saturated heterocycles. The van der Waals surface area contributed by atoms with Gasteiger partial charge in [-0.2, -0.15) is 0 Å². The molecular weight excluding hydrogens is 381 g/mol. The minimum atomic E-state index is -0.376. The van der Waals surface area contributed by atoms with Crippen LogP contribution >= 0.6 is 11.3 Å². The molecule has 1 aromatic carbocycles. The summed E-state index contributed by atoms with van der Waals surface area (Å²) < 4.78 is 19.9. The van der Waals surface area contributed by atoms with E-state index < -0.39 is 0 Å². The van der Waals surface area contributed by atoms with Crippen molar-refractivity contribution in [2.24, 2.45) is 0 Å². The van der Waals surface area contributed by atoms with Crippen molar-refractivity contribution in [3.05, 3.63) is 40.8 Å². The smallest absolute Gasteiger partial charge is 0.146 e. The quantitative estimate of drug-likeness (QED) is 0.596. The molecule has 0 amide bonds. The highest BCUT2D eigenvalue weighted by atomic mass is 32.1. The van der Waals surface area contributed by atoms with Crippen molar-refractivity contribution in [3.8, 4) is 5.75 Å². The fraction of sp³-hybridized carbons (Fsp3) is 0.400. The number of aromatic nitrogens is 2. The highest BCUT2D eigenvalue weighted by Crippen LogP contribution is 2.37. The summed E-state index contributed by atoms with van der Waals surface area (Å²) in [6.07, 6.45) is 3.98. The molecule has 0 spiro atoms. The zero-order valence-electron chi connectivity index (χ0n) is 15.5. The van der Waals surface area contributed by atoms with Crippen molar-refractivity contribution in [2.75, 3.05) is 5.32 Å². The van der Waals surface area contributed by atoms with Crippen LogP contribution in [0.3, 0.4) is 0 Å². The molecule has 2 aromatic heterocycles. The molecule has 28 heavy (non-hydrogen) atoms. The van der Waals surface area contributed by atoms with E-state index in [1.807, 2.05) is 6.92 Å². The highest BCUT2D eigenvalue weighted by molar-refractivity contribution is 7.18. The van der Waals surface area contributed by atoms with Crippen LogP contribution in [0.15, 0.2) is 24.5 Å². The largest absolute Gasteiger partial charge is 0.488 e. The van der Waals surface area contributed by atoms with E-state index in [4.69, 9.17) is 4.74 Å². The van der Waals surface area contributed by atoms with Crippen molar-refractivity contribution in [1.82, 2.24) is 9.97 Å². The summed E-state index contributed by atoms with van der Waals surface area (Å²) in [5, 5.41) is 23.3. The molecule has 3 N–H and O–H groups in total. The number of benzene rings is 1. The van der Waals surface area contributed by atoms with Crippen LogP contribution in [0.1, 0.15) is 36.1 Å². The number of ether oxygens (including phenoxy) is 1. The van der Waals surface area contributed by atoms with Gasteiger partial charge in [-0.3, -0.25) is 0 Å². The van der Waals surface area contributed by atoms with E-state index in [2.05, 4.69) is 15.3 Å². The molecule has 0 aliphatic heterocycles. The minimum absolute atomic E-state index is 0.0509. The number of fused-ring (bicyclic) bond motifs is 1. The van der Waals surface area contributed by atoms with Crippen LogP contribution in [-0.2, 0) is 6.61 Å².